The largest absolute Gasteiger partial charge is 0.382 e. The van der Waals surface area contributed by atoms with Crippen molar-refractivity contribution >= 4 is 29.0 Å². The third-order valence-electron chi connectivity index (χ3n) is 2.02. The van der Waals surface area contributed by atoms with Crippen molar-refractivity contribution in [3.05, 3.63) is 40.8 Å². The summed E-state index contributed by atoms with van der Waals surface area (Å²) in [6.07, 6.45) is 0. The average Bonchev–Trinajstić information content (AvgIpc) is 2.70. The highest BCUT2D eigenvalue weighted by Crippen LogP contribution is 2.20. The summed E-state index contributed by atoms with van der Waals surface area (Å²) in [4.78, 5) is 11.6. The lowest BCUT2D eigenvalue weighted by Crippen LogP contribution is -2.13. The van der Waals surface area contributed by atoms with E-state index in [0.29, 0.717) is 5.02 Å². The lowest BCUT2D eigenvalue weighted by Gasteiger charge is -2.04. The topological polar surface area (TPSA) is 83.8 Å². The summed E-state index contributed by atoms with van der Waals surface area (Å²) in [5.74, 6) is -0.938. The molecular weight excluding hydrogens is 247 g/mol. The highest BCUT2D eigenvalue weighted by molar-refractivity contribution is 6.31. The van der Waals surface area contributed by atoms with E-state index >= 15 is 0 Å². The van der Waals surface area contributed by atoms with E-state index in [-0.39, 0.29) is 17.2 Å². The number of carbonyl (C=O) groups excluding carboxylic acids is 1. The number of halogens is 2. The molecule has 0 bridgehead atoms. The highest BCUT2D eigenvalue weighted by atomic mass is 35.5. The van der Waals surface area contributed by atoms with Crippen LogP contribution in [-0.4, -0.2) is 16.1 Å². The van der Waals surface area contributed by atoms with Gasteiger partial charge in [0.05, 0.1) is 5.69 Å². The third-order valence-corrected chi connectivity index (χ3v) is 2.25. The molecule has 0 unspecified atom stereocenters. The molecule has 0 aliphatic rings. The summed E-state index contributed by atoms with van der Waals surface area (Å²) in [7, 11) is 0. The number of amides is 1. The molecule has 0 radical (unpaired) electrons. The highest BCUT2D eigenvalue weighted by Gasteiger charge is 2.11. The summed E-state index contributed by atoms with van der Waals surface area (Å²) in [5.41, 5.74) is 5.48. The van der Waals surface area contributed by atoms with Crippen LogP contribution in [0.1, 0.15) is 10.5 Å². The summed E-state index contributed by atoms with van der Waals surface area (Å²) in [6, 6.07) is 5.21. The zero-order valence-corrected chi connectivity index (χ0v) is 9.25. The first kappa shape index (κ1) is 11.4. The van der Waals surface area contributed by atoms with Gasteiger partial charge in [-0.2, -0.15) is 5.10 Å². The summed E-state index contributed by atoms with van der Waals surface area (Å²) >= 11 is 5.69. The number of anilines is 2. The van der Waals surface area contributed by atoms with Crippen molar-refractivity contribution in [2.45, 2.75) is 0 Å². The molecule has 88 valence electrons. The van der Waals surface area contributed by atoms with Crippen LogP contribution in [0, 0.1) is 5.82 Å². The maximum atomic E-state index is 13.3. The van der Waals surface area contributed by atoms with Gasteiger partial charge in [0.15, 0.2) is 0 Å². The fourth-order valence-electron chi connectivity index (χ4n) is 1.24. The molecular formula is C10H8ClFN4O. The van der Waals surface area contributed by atoms with Crippen molar-refractivity contribution < 1.29 is 9.18 Å². The molecule has 1 amide bonds. The molecule has 0 spiro atoms. The number of nitrogens with two attached hydrogens (primary N) is 1. The fraction of sp³-hybridized carbons (Fsp3) is 0. The van der Waals surface area contributed by atoms with E-state index in [9.17, 15) is 9.18 Å². The number of nitrogens with one attached hydrogen (secondary N) is 2. The second-order valence-corrected chi connectivity index (χ2v) is 3.72. The first-order valence-corrected chi connectivity index (χ1v) is 5.01. The van der Waals surface area contributed by atoms with Gasteiger partial charge >= 0.3 is 0 Å². The Morgan fingerprint density at radius 2 is 2.24 bits per heavy atom. The minimum Gasteiger partial charge on any atom is -0.382 e. The number of nitrogen functional groups attached to an aromatic ring is 1. The lowest BCUT2D eigenvalue weighted by molar-refractivity contribution is 0.102. The van der Waals surface area contributed by atoms with Gasteiger partial charge in [-0.05, 0) is 18.2 Å². The zero-order chi connectivity index (χ0) is 12.4. The number of rotatable bonds is 2. The van der Waals surface area contributed by atoms with Crippen molar-refractivity contribution in [1.82, 2.24) is 10.2 Å². The van der Waals surface area contributed by atoms with Gasteiger partial charge < -0.3 is 11.1 Å². The van der Waals surface area contributed by atoms with Gasteiger partial charge in [-0.3, -0.25) is 9.89 Å². The maximum absolute atomic E-state index is 13.3. The van der Waals surface area contributed by atoms with E-state index < -0.39 is 11.7 Å². The third kappa shape index (κ3) is 2.54. The Morgan fingerprint density at radius 3 is 2.88 bits per heavy atom. The van der Waals surface area contributed by atoms with Crippen molar-refractivity contribution in [3.63, 3.8) is 0 Å². The molecule has 4 N–H and O–H groups in total. The lowest BCUT2D eigenvalue weighted by atomic mass is 10.3. The molecule has 0 aliphatic heterocycles. The number of nitrogens with zero attached hydrogens (tertiary/aromatic N) is 1. The van der Waals surface area contributed by atoms with Crippen LogP contribution in [0.25, 0.3) is 0 Å². The van der Waals surface area contributed by atoms with Gasteiger partial charge in [-0.15, -0.1) is 0 Å². The molecule has 0 saturated heterocycles. The van der Waals surface area contributed by atoms with Gasteiger partial charge in [-0.25, -0.2) is 4.39 Å². The number of hydrogen-bond acceptors (Lipinski definition) is 3. The van der Waals surface area contributed by atoms with Crippen molar-refractivity contribution in [3.8, 4) is 0 Å². The normalized spacial score (nSPS) is 10.2. The number of carbonyl (C=O) groups is 1. The van der Waals surface area contributed by atoms with Gasteiger partial charge in [0, 0.05) is 11.1 Å². The Labute approximate surface area is 101 Å². The second-order valence-electron chi connectivity index (χ2n) is 3.28. The standard InChI is InChI=1S/C10H8ClFN4O/c11-5-1-2-6(12)7(3-5)14-10(17)8-4-9(13)16-15-8/h1-4H,(H,14,17)(H3,13,15,16). The molecule has 0 fully saturated rings. The Balaban J connectivity index is 2.21. The SMILES string of the molecule is Nc1cc(C(=O)Nc2cc(Cl)ccc2F)[nH]n1. The first-order chi connectivity index (χ1) is 8.06. The molecule has 1 heterocycles. The Morgan fingerprint density at radius 1 is 1.47 bits per heavy atom. The van der Waals surface area contributed by atoms with Crippen LogP contribution in [0.2, 0.25) is 5.02 Å². The second kappa shape index (κ2) is 4.42. The molecule has 7 heteroatoms. The molecule has 17 heavy (non-hydrogen) atoms. The van der Waals surface area contributed by atoms with Crippen LogP contribution < -0.4 is 11.1 Å². The number of hydrogen-bond donors (Lipinski definition) is 3. The molecule has 2 aromatic rings. The van der Waals surface area contributed by atoms with Crippen molar-refractivity contribution in [1.29, 1.82) is 0 Å². The quantitative estimate of drug-likeness (QED) is 0.767. The van der Waals surface area contributed by atoms with Crippen molar-refractivity contribution in [2.75, 3.05) is 11.1 Å². The molecule has 2 rings (SSSR count). The predicted molar refractivity (Wildman–Crippen MR) is 62.4 cm³/mol. The van der Waals surface area contributed by atoms with E-state index in [4.69, 9.17) is 17.3 Å². The fourth-order valence-corrected chi connectivity index (χ4v) is 1.41. The number of benzene rings is 1. The molecule has 0 aliphatic carbocycles. The molecule has 0 atom stereocenters. The Hall–Kier alpha value is -2.08. The molecule has 1 aromatic heterocycles. The van der Waals surface area contributed by atoms with E-state index in [1.807, 2.05) is 0 Å². The van der Waals surface area contributed by atoms with Crippen molar-refractivity contribution in [2.24, 2.45) is 0 Å². The van der Waals surface area contributed by atoms with Crippen LogP contribution in [0.4, 0.5) is 15.9 Å². The minimum atomic E-state index is -0.574. The van der Waals surface area contributed by atoms with E-state index in [1.54, 1.807) is 0 Å². The first-order valence-electron chi connectivity index (χ1n) is 4.63. The maximum Gasteiger partial charge on any atom is 0.273 e. The van der Waals surface area contributed by atoms with Crippen LogP contribution in [0.3, 0.4) is 0 Å². The van der Waals surface area contributed by atoms with Gasteiger partial charge in [-0.1, -0.05) is 11.6 Å². The number of aromatic nitrogens is 2. The smallest absolute Gasteiger partial charge is 0.273 e. The van der Waals surface area contributed by atoms with Gasteiger partial charge in [0.1, 0.15) is 17.3 Å². The minimum absolute atomic E-state index is 0.00401. The van der Waals surface area contributed by atoms with Gasteiger partial charge in [0.2, 0.25) is 0 Å². The van der Waals surface area contributed by atoms with E-state index in [1.165, 1.54) is 24.3 Å². The number of aromatic amines is 1. The Kier molecular flexibility index (Phi) is 2.97. The van der Waals surface area contributed by atoms with E-state index in [2.05, 4.69) is 15.5 Å². The average molecular weight is 255 g/mol. The molecule has 5 nitrogen and oxygen atoms in total. The zero-order valence-electron chi connectivity index (χ0n) is 8.50. The predicted octanol–water partition coefficient (Wildman–Crippen LogP) is 2.04. The van der Waals surface area contributed by atoms with Gasteiger partial charge in [0.25, 0.3) is 5.91 Å². The van der Waals surface area contributed by atoms with E-state index in [0.717, 1.165) is 0 Å². The molecule has 0 saturated carbocycles. The Bertz CT molecular complexity index is 569. The van der Waals surface area contributed by atoms with Crippen LogP contribution in [0.15, 0.2) is 24.3 Å². The summed E-state index contributed by atoms with van der Waals surface area (Å²) in [6.45, 7) is 0. The summed E-state index contributed by atoms with van der Waals surface area (Å²) < 4.78 is 13.3. The molecule has 1 aromatic carbocycles. The summed E-state index contributed by atoms with van der Waals surface area (Å²) in [5, 5.41) is 8.69. The number of H-pyrrole nitrogens is 1. The van der Waals surface area contributed by atoms with Crippen LogP contribution >= 0.6 is 11.6 Å². The monoisotopic (exact) mass is 254 g/mol. The van der Waals surface area contributed by atoms with Crippen LogP contribution in [0.5, 0.6) is 0 Å². The van der Waals surface area contributed by atoms with Crippen LogP contribution in [-0.2, 0) is 0 Å².